The molecule has 1 aromatic heterocycles. The van der Waals surface area contributed by atoms with Crippen molar-refractivity contribution in [3.05, 3.63) is 66.5 Å². The standard InChI is InChI=1S/C21H22N4O2/c1-14(2)27-19-10-8-18(9-11-19)25-21-12-20(22-13-23-21)24-17-6-4-16(5-7-17)15(3)26/h4-14H,1-3H3,(H2,22,23,24,25). The Hall–Kier alpha value is -3.41. The second kappa shape index (κ2) is 8.31. The van der Waals surface area contributed by atoms with Gasteiger partial charge in [0.05, 0.1) is 6.10 Å². The average molecular weight is 362 g/mol. The second-order valence-electron chi connectivity index (χ2n) is 6.36. The number of ether oxygens (including phenoxy) is 1. The molecule has 6 nitrogen and oxygen atoms in total. The third-order valence-electron chi connectivity index (χ3n) is 3.73. The van der Waals surface area contributed by atoms with Crippen molar-refractivity contribution in [1.82, 2.24) is 9.97 Å². The number of hydrogen-bond donors (Lipinski definition) is 2. The van der Waals surface area contributed by atoms with Crippen LogP contribution in [0.25, 0.3) is 0 Å². The summed E-state index contributed by atoms with van der Waals surface area (Å²) in [7, 11) is 0. The molecule has 2 N–H and O–H groups in total. The van der Waals surface area contributed by atoms with Gasteiger partial charge in [-0.3, -0.25) is 4.79 Å². The van der Waals surface area contributed by atoms with E-state index in [4.69, 9.17) is 4.74 Å². The van der Waals surface area contributed by atoms with E-state index in [1.165, 1.54) is 6.33 Å². The Morgan fingerprint density at radius 3 is 1.89 bits per heavy atom. The zero-order chi connectivity index (χ0) is 19.2. The van der Waals surface area contributed by atoms with Gasteiger partial charge in [-0.25, -0.2) is 9.97 Å². The van der Waals surface area contributed by atoms with Crippen LogP contribution in [0, 0.1) is 0 Å². The van der Waals surface area contributed by atoms with E-state index in [2.05, 4.69) is 20.6 Å². The number of nitrogens with one attached hydrogen (secondary N) is 2. The molecule has 3 rings (SSSR count). The number of carbonyl (C=O) groups is 1. The lowest BCUT2D eigenvalue weighted by molar-refractivity contribution is 0.101. The predicted molar refractivity (Wildman–Crippen MR) is 107 cm³/mol. The lowest BCUT2D eigenvalue weighted by atomic mass is 10.1. The van der Waals surface area contributed by atoms with Crippen LogP contribution in [0.5, 0.6) is 5.75 Å². The first-order chi connectivity index (χ1) is 13.0. The summed E-state index contributed by atoms with van der Waals surface area (Å²) in [6, 6.07) is 16.8. The largest absolute Gasteiger partial charge is 0.491 e. The molecular weight excluding hydrogens is 340 g/mol. The SMILES string of the molecule is CC(=O)c1ccc(Nc2cc(Nc3ccc(OC(C)C)cc3)ncn2)cc1. The molecule has 0 unspecified atom stereocenters. The van der Waals surface area contributed by atoms with Gasteiger partial charge >= 0.3 is 0 Å². The Morgan fingerprint density at radius 2 is 1.41 bits per heavy atom. The summed E-state index contributed by atoms with van der Waals surface area (Å²) >= 11 is 0. The maximum absolute atomic E-state index is 11.3. The molecular formula is C21H22N4O2. The summed E-state index contributed by atoms with van der Waals surface area (Å²) < 4.78 is 5.64. The quantitative estimate of drug-likeness (QED) is 0.579. The Balaban J connectivity index is 1.67. The van der Waals surface area contributed by atoms with Crippen LogP contribution in [0.2, 0.25) is 0 Å². The number of benzene rings is 2. The number of rotatable bonds is 7. The van der Waals surface area contributed by atoms with Gasteiger partial charge in [-0.2, -0.15) is 0 Å². The molecule has 3 aromatic rings. The van der Waals surface area contributed by atoms with Crippen LogP contribution in [0.4, 0.5) is 23.0 Å². The summed E-state index contributed by atoms with van der Waals surface area (Å²) in [6.45, 7) is 5.54. The van der Waals surface area contributed by atoms with E-state index in [9.17, 15) is 4.79 Å². The van der Waals surface area contributed by atoms with Crippen molar-refractivity contribution in [3.8, 4) is 5.75 Å². The van der Waals surface area contributed by atoms with Crippen LogP contribution < -0.4 is 15.4 Å². The molecule has 27 heavy (non-hydrogen) atoms. The molecule has 0 bridgehead atoms. The third-order valence-corrected chi connectivity index (χ3v) is 3.73. The summed E-state index contributed by atoms with van der Waals surface area (Å²) in [5.74, 6) is 2.20. The number of nitrogens with zero attached hydrogens (tertiary/aromatic N) is 2. The van der Waals surface area contributed by atoms with Gasteiger partial charge in [-0.15, -0.1) is 0 Å². The number of ketones is 1. The van der Waals surface area contributed by atoms with Gasteiger partial charge in [-0.1, -0.05) is 0 Å². The van der Waals surface area contributed by atoms with Gasteiger partial charge in [0.25, 0.3) is 0 Å². The summed E-state index contributed by atoms with van der Waals surface area (Å²) in [5, 5.41) is 6.45. The minimum absolute atomic E-state index is 0.0416. The third kappa shape index (κ3) is 5.28. The van der Waals surface area contributed by atoms with E-state index in [1.54, 1.807) is 19.1 Å². The second-order valence-corrected chi connectivity index (χ2v) is 6.36. The minimum atomic E-state index is 0.0416. The maximum Gasteiger partial charge on any atom is 0.159 e. The number of anilines is 4. The normalized spacial score (nSPS) is 10.5. The van der Waals surface area contributed by atoms with Crippen LogP contribution >= 0.6 is 0 Å². The molecule has 6 heteroatoms. The maximum atomic E-state index is 11.3. The highest BCUT2D eigenvalue weighted by Gasteiger charge is 2.03. The van der Waals surface area contributed by atoms with Crippen LogP contribution in [0.15, 0.2) is 60.9 Å². The van der Waals surface area contributed by atoms with Crippen molar-refractivity contribution in [2.24, 2.45) is 0 Å². The zero-order valence-corrected chi connectivity index (χ0v) is 15.6. The van der Waals surface area contributed by atoms with Crippen LogP contribution in [0.1, 0.15) is 31.1 Å². The number of Topliss-reactive ketones (excluding diaryl/α,β-unsaturated/α-hetero) is 1. The van der Waals surface area contributed by atoms with Gasteiger partial charge in [-0.05, 0) is 69.3 Å². The highest BCUT2D eigenvalue weighted by Crippen LogP contribution is 2.22. The van der Waals surface area contributed by atoms with E-state index in [1.807, 2.05) is 56.3 Å². The summed E-state index contributed by atoms with van der Waals surface area (Å²) in [6.07, 6.45) is 1.63. The smallest absolute Gasteiger partial charge is 0.159 e. The van der Waals surface area contributed by atoms with E-state index in [-0.39, 0.29) is 11.9 Å². The van der Waals surface area contributed by atoms with Gasteiger partial charge in [0.2, 0.25) is 0 Å². The molecule has 1 heterocycles. The van der Waals surface area contributed by atoms with Crippen molar-refractivity contribution in [3.63, 3.8) is 0 Å². The molecule has 0 fully saturated rings. The lowest BCUT2D eigenvalue weighted by Gasteiger charge is -2.11. The van der Waals surface area contributed by atoms with Crippen LogP contribution in [-0.2, 0) is 0 Å². The fourth-order valence-electron chi connectivity index (χ4n) is 2.47. The first-order valence-corrected chi connectivity index (χ1v) is 8.73. The van der Waals surface area contributed by atoms with E-state index in [0.717, 1.165) is 17.1 Å². The molecule has 0 aliphatic rings. The Morgan fingerprint density at radius 1 is 0.889 bits per heavy atom. The van der Waals surface area contributed by atoms with Gasteiger partial charge < -0.3 is 15.4 Å². The van der Waals surface area contributed by atoms with Crippen molar-refractivity contribution >= 4 is 28.8 Å². The fraction of sp³-hybridized carbons (Fsp3) is 0.190. The number of carbonyl (C=O) groups excluding carboxylic acids is 1. The van der Waals surface area contributed by atoms with Gasteiger partial charge in [0.15, 0.2) is 5.78 Å². The van der Waals surface area contributed by atoms with Gasteiger partial charge in [0, 0.05) is 23.0 Å². The number of aromatic nitrogens is 2. The highest BCUT2D eigenvalue weighted by molar-refractivity contribution is 5.94. The van der Waals surface area contributed by atoms with E-state index >= 15 is 0 Å². The molecule has 0 atom stereocenters. The molecule has 0 radical (unpaired) electrons. The highest BCUT2D eigenvalue weighted by atomic mass is 16.5. The Kier molecular flexibility index (Phi) is 5.66. The van der Waals surface area contributed by atoms with Crippen molar-refractivity contribution in [1.29, 1.82) is 0 Å². The van der Waals surface area contributed by atoms with E-state index in [0.29, 0.717) is 17.2 Å². The van der Waals surface area contributed by atoms with Crippen molar-refractivity contribution in [2.75, 3.05) is 10.6 Å². The Labute approximate surface area is 158 Å². The first kappa shape index (κ1) is 18.4. The zero-order valence-electron chi connectivity index (χ0n) is 15.6. The molecule has 0 aliphatic carbocycles. The number of hydrogen-bond acceptors (Lipinski definition) is 6. The topological polar surface area (TPSA) is 76.1 Å². The monoisotopic (exact) mass is 362 g/mol. The molecule has 0 saturated heterocycles. The summed E-state index contributed by atoms with van der Waals surface area (Å²) in [5.41, 5.74) is 2.43. The fourth-order valence-corrected chi connectivity index (χ4v) is 2.47. The predicted octanol–water partition coefficient (Wildman–Crippen LogP) is 4.95. The van der Waals surface area contributed by atoms with Crippen molar-refractivity contribution < 1.29 is 9.53 Å². The minimum Gasteiger partial charge on any atom is -0.491 e. The molecule has 0 amide bonds. The van der Waals surface area contributed by atoms with E-state index < -0.39 is 0 Å². The van der Waals surface area contributed by atoms with Crippen LogP contribution in [-0.4, -0.2) is 21.9 Å². The Bertz CT molecular complexity index is 906. The molecule has 0 aliphatic heterocycles. The van der Waals surface area contributed by atoms with Crippen LogP contribution in [0.3, 0.4) is 0 Å². The molecule has 0 saturated carbocycles. The van der Waals surface area contributed by atoms with Crippen molar-refractivity contribution in [2.45, 2.75) is 26.9 Å². The molecule has 0 spiro atoms. The molecule has 138 valence electrons. The van der Waals surface area contributed by atoms with Gasteiger partial charge in [0.1, 0.15) is 23.7 Å². The summed E-state index contributed by atoms with van der Waals surface area (Å²) in [4.78, 5) is 19.8. The lowest BCUT2D eigenvalue weighted by Crippen LogP contribution is -2.05. The first-order valence-electron chi connectivity index (χ1n) is 8.73. The molecule has 2 aromatic carbocycles. The average Bonchev–Trinajstić information content (AvgIpc) is 2.64.